The van der Waals surface area contributed by atoms with Crippen molar-refractivity contribution in [2.24, 2.45) is 0 Å². The highest BCUT2D eigenvalue weighted by molar-refractivity contribution is 6.30. The molecule has 0 spiro atoms. The maximum absolute atomic E-state index is 12.7. The van der Waals surface area contributed by atoms with Crippen molar-refractivity contribution < 1.29 is 4.79 Å². The largest absolute Gasteiger partial charge is 0.333 e. The van der Waals surface area contributed by atoms with E-state index in [1.54, 1.807) is 18.7 Å². The van der Waals surface area contributed by atoms with Crippen LogP contribution in [0.15, 0.2) is 43.0 Å². The molecule has 2 aromatic rings. The summed E-state index contributed by atoms with van der Waals surface area (Å²) in [6, 6.07) is 8.46. The number of carbonyl (C=O) groups excluding carboxylic acids is 1. The van der Waals surface area contributed by atoms with E-state index in [2.05, 4.69) is 15.0 Å². The van der Waals surface area contributed by atoms with Crippen LogP contribution < -0.4 is 0 Å². The molecule has 4 rings (SSSR count). The van der Waals surface area contributed by atoms with E-state index >= 15 is 0 Å². The molecule has 0 aliphatic carbocycles. The molecule has 2 aliphatic heterocycles. The molecular weight excluding hydrogens is 324 g/mol. The van der Waals surface area contributed by atoms with Gasteiger partial charge in [0.2, 0.25) is 5.91 Å². The van der Waals surface area contributed by atoms with Crippen LogP contribution in [-0.4, -0.2) is 37.7 Å². The molecule has 0 N–H and O–H groups in total. The van der Waals surface area contributed by atoms with Crippen LogP contribution in [0.3, 0.4) is 0 Å². The fourth-order valence-electron chi connectivity index (χ4n) is 3.96. The summed E-state index contributed by atoms with van der Waals surface area (Å²) < 4.78 is 1.94. The lowest BCUT2D eigenvalue weighted by atomic mass is 9.97. The van der Waals surface area contributed by atoms with Crippen molar-refractivity contribution in [3.63, 3.8) is 0 Å². The van der Waals surface area contributed by atoms with Gasteiger partial charge in [-0.25, -0.2) is 9.67 Å². The zero-order valence-electron chi connectivity index (χ0n) is 13.3. The molecule has 2 bridgehead atoms. The molecule has 2 unspecified atom stereocenters. The van der Waals surface area contributed by atoms with Gasteiger partial charge in [-0.15, -0.1) is 0 Å². The molecule has 1 aromatic carbocycles. The minimum Gasteiger partial charge on any atom is -0.333 e. The van der Waals surface area contributed by atoms with Crippen molar-refractivity contribution >= 4 is 23.6 Å². The van der Waals surface area contributed by atoms with Crippen LogP contribution >= 0.6 is 11.6 Å². The molecule has 1 amide bonds. The Balaban J connectivity index is 1.45. The summed E-state index contributed by atoms with van der Waals surface area (Å²) >= 11 is 5.89. The lowest BCUT2D eigenvalue weighted by Crippen LogP contribution is -2.46. The van der Waals surface area contributed by atoms with Crippen molar-refractivity contribution in [1.82, 2.24) is 19.7 Å². The van der Waals surface area contributed by atoms with Gasteiger partial charge in [0, 0.05) is 23.2 Å². The maximum Gasteiger partial charge on any atom is 0.247 e. The van der Waals surface area contributed by atoms with E-state index in [1.807, 2.05) is 35.0 Å². The quantitative estimate of drug-likeness (QED) is 0.804. The first-order valence-electron chi connectivity index (χ1n) is 8.31. The van der Waals surface area contributed by atoms with E-state index in [0.29, 0.717) is 23.1 Å². The van der Waals surface area contributed by atoms with Gasteiger partial charge in [0.25, 0.3) is 0 Å². The third kappa shape index (κ3) is 2.96. The van der Waals surface area contributed by atoms with Crippen molar-refractivity contribution in [3.05, 3.63) is 53.6 Å². The Morgan fingerprint density at radius 2 is 1.83 bits per heavy atom. The van der Waals surface area contributed by atoms with Gasteiger partial charge in [0.05, 0.1) is 6.04 Å². The average molecular weight is 343 g/mol. The van der Waals surface area contributed by atoms with Crippen LogP contribution in [-0.2, 0) is 4.79 Å². The van der Waals surface area contributed by atoms with Gasteiger partial charge < -0.3 is 4.90 Å². The second-order valence-corrected chi connectivity index (χ2v) is 6.95. The molecular formula is C18H19ClN4O. The molecule has 0 radical (unpaired) electrons. The first kappa shape index (κ1) is 15.4. The highest BCUT2D eigenvalue weighted by Crippen LogP contribution is 2.40. The van der Waals surface area contributed by atoms with Crippen LogP contribution in [0.4, 0.5) is 0 Å². The van der Waals surface area contributed by atoms with Gasteiger partial charge in [0.1, 0.15) is 12.7 Å². The number of fused-ring (bicyclic) bond motifs is 2. The van der Waals surface area contributed by atoms with Crippen molar-refractivity contribution in [2.45, 2.75) is 43.8 Å². The standard InChI is InChI=1S/C18H19ClN4O/c19-14-4-1-13(2-5-14)3-8-18(24)23-15-6-7-16(23)10-17(9-15)22-12-20-11-21-22/h1-5,8,11-12,15-17H,6-7,9-10H2. The molecule has 2 fully saturated rings. The Kier molecular flexibility index (Phi) is 4.10. The van der Waals surface area contributed by atoms with Crippen LogP contribution in [0.5, 0.6) is 0 Å². The summed E-state index contributed by atoms with van der Waals surface area (Å²) in [4.78, 5) is 18.8. The smallest absolute Gasteiger partial charge is 0.247 e. The first-order valence-corrected chi connectivity index (χ1v) is 8.68. The first-order chi connectivity index (χ1) is 11.7. The highest BCUT2D eigenvalue weighted by atomic mass is 35.5. The van der Waals surface area contributed by atoms with E-state index in [-0.39, 0.29) is 5.91 Å². The van der Waals surface area contributed by atoms with Crippen LogP contribution in [0.2, 0.25) is 5.02 Å². The number of carbonyl (C=O) groups is 1. The predicted molar refractivity (Wildman–Crippen MR) is 92.4 cm³/mol. The summed E-state index contributed by atoms with van der Waals surface area (Å²) in [6.07, 6.45) is 11.0. The van der Waals surface area contributed by atoms with E-state index in [1.165, 1.54) is 0 Å². The van der Waals surface area contributed by atoms with Gasteiger partial charge in [-0.2, -0.15) is 5.10 Å². The Bertz CT molecular complexity index is 727. The number of rotatable bonds is 3. The lowest BCUT2D eigenvalue weighted by Gasteiger charge is -2.38. The van der Waals surface area contributed by atoms with E-state index in [4.69, 9.17) is 11.6 Å². The zero-order chi connectivity index (χ0) is 16.5. The molecule has 5 nitrogen and oxygen atoms in total. The Morgan fingerprint density at radius 1 is 1.12 bits per heavy atom. The molecule has 2 atom stereocenters. The minimum atomic E-state index is 0.106. The topological polar surface area (TPSA) is 51.0 Å². The van der Waals surface area contributed by atoms with Crippen LogP contribution in [0.25, 0.3) is 6.08 Å². The van der Waals surface area contributed by atoms with Crippen molar-refractivity contribution in [2.75, 3.05) is 0 Å². The average Bonchev–Trinajstić information content (AvgIpc) is 3.21. The van der Waals surface area contributed by atoms with Gasteiger partial charge in [0.15, 0.2) is 0 Å². The molecule has 24 heavy (non-hydrogen) atoms. The third-order valence-corrected chi connectivity index (χ3v) is 5.31. The van der Waals surface area contributed by atoms with Gasteiger partial charge in [-0.3, -0.25) is 4.79 Å². The monoisotopic (exact) mass is 342 g/mol. The lowest BCUT2D eigenvalue weighted by molar-refractivity contribution is -0.130. The fraction of sp³-hybridized carbons (Fsp3) is 0.389. The predicted octanol–water partition coefficient (Wildman–Crippen LogP) is 3.34. The molecule has 2 aliphatic rings. The fourth-order valence-corrected chi connectivity index (χ4v) is 4.08. The molecule has 1 aromatic heterocycles. The normalized spacial score (nSPS) is 26.2. The molecule has 3 heterocycles. The number of piperidine rings is 1. The van der Waals surface area contributed by atoms with E-state index in [0.717, 1.165) is 31.2 Å². The summed E-state index contributed by atoms with van der Waals surface area (Å²) in [6.45, 7) is 0. The van der Waals surface area contributed by atoms with Crippen molar-refractivity contribution in [1.29, 1.82) is 0 Å². The number of hydrogen-bond acceptors (Lipinski definition) is 3. The van der Waals surface area contributed by atoms with Crippen molar-refractivity contribution in [3.8, 4) is 0 Å². The zero-order valence-corrected chi connectivity index (χ0v) is 14.0. The Morgan fingerprint density at radius 3 is 2.46 bits per heavy atom. The molecule has 2 saturated heterocycles. The second kappa shape index (κ2) is 6.40. The number of amides is 1. The summed E-state index contributed by atoms with van der Waals surface area (Å²) in [5.41, 5.74) is 0.984. The van der Waals surface area contributed by atoms with E-state index in [9.17, 15) is 4.79 Å². The van der Waals surface area contributed by atoms with E-state index < -0.39 is 0 Å². The third-order valence-electron chi connectivity index (χ3n) is 5.06. The number of benzene rings is 1. The summed E-state index contributed by atoms with van der Waals surface area (Å²) in [7, 11) is 0. The van der Waals surface area contributed by atoms with Gasteiger partial charge in [-0.05, 0) is 49.5 Å². The number of nitrogens with zero attached hydrogens (tertiary/aromatic N) is 4. The maximum atomic E-state index is 12.7. The Hall–Kier alpha value is -2.14. The summed E-state index contributed by atoms with van der Waals surface area (Å²) in [5.74, 6) is 0.106. The molecule has 0 saturated carbocycles. The highest BCUT2D eigenvalue weighted by Gasteiger charge is 2.43. The minimum absolute atomic E-state index is 0.106. The number of halogens is 1. The van der Waals surface area contributed by atoms with Crippen LogP contribution in [0, 0.1) is 0 Å². The van der Waals surface area contributed by atoms with Crippen LogP contribution in [0.1, 0.15) is 37.3 Å². The second-order valence-electron chi connectivity index (χ2n) is 6.52. The van der Waals surface area contributed by atoms with Gasteiger partial charge in [-0.1, -0.05) is 23.7 Å². The SMILES string of the molecule is O=C(C=Cc1ccc(Cl)cc1)N1C2CCC1CC(n1cncn1)C2. The van der Waals surface area contributed by atoms with Gasteiger partial charge >= 0.3 is 0 Å². The number of aromatic nitrogens is 3. The molecule has 6 heteroatoms. The Labute approximate surface area is 145 Å². The number of hydrogen-bond donors (Lipinski definition) is 0. The molecule has 124 valence electrons. The summed E-state index contributed by atoms with van der Waals surface area (Å²) in [5, 5.41) is 4.97.